The van der Waals surface area contributed by atoms with Crippen molar-refractivity contribution in [2.75, 3.05) is 19.8 Å². The summed E-state index contributed by atoms with van der Waals surface area (Å²) in [5.74, 6) is -0.342. The highest BCUT2D eigenvalue weighted by molar-refractivity contribution is 5.97. The van der Waals surface area contributed by atoms with Gasteiger partial charge in [0.05, 0.1) is 13.2 Å². The van der Waals surface area contributed by atoms with Gasteiger partial charge in [0.25, 0.3) is 11.5 Å². The third-order valence-corrected chi connectivity index (χ3v) is 3.57. The minimum absolute atomic E-state index is 0.0146. The Morgan fingerprint density at radius 3 is 2.85 bits per heavy atom. The molecule has 0 unspecified atom stereocenters. The zero-order valence-corrected chi connectivity index (χ0v) is 11.2. The summed E-state index contributed by atoms with van der Waals surface area (Å²) in [6.07, 6.45) is 0. The van der Waals surface area contributed by atoms with E-state index in [4.69, 9.17) is 4.74 Å². The quantitative estimate of drug-likeness (QED) is 0.884. The number of aromatic nitrogens is 1. The van der Waals surface area contributed by atoms with Crippen LogP contribution in [0, 0.1) is 5.41 Å². The molecule has 0 saturated carbocycles. The van der Waals surface area contributed by atoms with E-state index in [1.807, 2.05) is 31.2 Å². The number of benzene rings is 1. The van der Waals surface area contributed by atoms with Gasteiger partial charge >= 0.3 is 0 Å². The maximum atomic E-state index is 12.1. The topological polar surface area (TPSA) is 71.2 Å². The number of rotatable bonds is 3. The van der Waals surface area contributed by atoms with E-state index in [0.29, 0.717) is 19.8 Å². The Morgan fingerprint density at radius 2 is 2.15 bits per heavy atom. The first-order valence-electron chi connectivity index (χ1n) is 6.55. The predicted octanol–water partition coefficient (Wildman–Crippen LogP) is 1.29. The molecule has 0 spiro atoms. The van der Waals surface area contributed by atoms with Crippen LogP contribution in [0.1, 0.15) is 17.3 Å². The van der Waals surface area contributed by atoms with Crippen molar-refractivity contribution in [2.45, 2.75) is 6.92 Å². The molecular formula is C15H16N2O3. The second kappa shape index (κ2) is 4.76. The minimum Gasteiger partial charge on any atom is -0.380 e. The molecule has 1 saturated heterocycles. The molecule has 2 N–H and O–H groups in total. The Bertz CT molecular complexity index is 716. The lowest BCUT2D eigenvalue weighted by Crippen LogP contribution is -2.49. The summed E-state index contributed by atoms with van der Waals surface area (Å²) in [4.78, 5) is 26.8. The van der Waals surface area contributed by atoms with Gasteiger partial charge in [0.2, 0.25) is 0 Å². The van der Waals surface area contributed by atoms with E-state index in [-0.39, 0.29) is 22.4 Å². The summed E-state index contributed by atoms with van der Waals surface area (Å²) < 4.78 is 5.14. The van der Waals surface area contributed by atoms with E-state index in [9.17, 15) is 9.59 Å². The summed E-state index contributed by atoms with van der Waals surface area (Å²) in [6, 6.07) is 9.02. The van der Waals surface area contributed by atoms with Gasteiger partial charge in [-0.15, -0.1) is 0 Å². The van der Waals surface area contributed by atoms with Crippen LogP contribution < -0.4 is 10.9 Å². The first-order valence-corrected chi connectivity index (χ1v) is 6.55. The van der Waals surface area contributed by atoms with E-state index in [1.54, 1.807) is 6.07 Å². The van der Waals surface area contributed by atoms with E-state index in [0.717, 1.165) is 10.9 Å². The molecule has 2 heterocycles. The van der Waals surface area contributed by atoms with Gasteiger partial charge in [-0.05, 0) is 17.5 Å². The maximum absolute atomic E-state index is 12.1. The fraction of sp³-hybridized carbons (Fsp3) is 0.333. The maximum Gasteiger partial charge on any atom is 0.261 e. The lowest BCUT2D eigenvalue weighted by molar-refractivity contribution is -0.0978. The van der Waals surface area contributed by atoms with Gasteiger partial charge in [0.15, 0.2) is 0 Å². The van der Waals surface area contributed by atoms with Crippen LogP contribution in [0.15, 0.2) is 35.1 Å². The SMILES string of the molecule is CC1(CNC(=O)c2cc3ccccc3[nH]c2=O)COC1. The summed E-state index contributed by atoms with van der Waals surface area (Å²) in [5.41, 5.74) is 0.497. The van der Waals surface area contributed by atoms with Crippen molar-refractivity contribution >= 4 is 16.8 Å². The van der Waals surface area contributed by atoms with E-state index in [2.05, 4.69) is 10.3 Å². The molecule has 0 atom stereocenters. The van der Waals surface area contributed by atoms with Crippen LogP contribution in [0.5, 0.6) is 0 Å². The molecule has 1 aromatic carbocycles. The van der Waals surface area contributed by atoms with Crippen LogP contribution in [-0.2, 0) is 4.74 Å². The molecule has 1 fully saturated rings. The number of para-hydroxylation sites is 1. The van der Waals surface area contributed by atoms with Gasteiger partial charge in [0.1, 0.15) is 5.56 Å². The van der Waals surface area contributed by atoms with Crippen molar-refractivity contribution in [3.8, 4) is 0 Å². The number of H-pyrrole nitrogens is 1. The van der Waals surface area contributed by atoms with E-state index >= 15 is 0 Å². The molecule has 1 aliphatic heterocycles. The van der Waals surface area contributed by atoms with Crippen LogP contribution in [-0.4, -0.2) is 30.6 Å². The summed E-state index contributed by atoms with van der Waals surface area (Å²) in [5, 5.41) is 3.65. The van der Waals surface area contributed by atoms with Crippen LogP contribution in [0.25, 0.3) is 10.9 Å². The van der Waals surface area contributed by atoms with Crippen molar-refractivity contribution in [3.63, 3.8) is 0 Å². The number of fused-ring (bicyclic) bond motifs is 1. The molecule has 20 heavy (non-hydrogen) atoms. The number of carbonyl (C=O) groups is 1. The predicted molar refractivity (Wildman–Crippen MR) is 75.8 cm³/mol. The summed E-state index contributed by atoms with van der Waals surface area (Å²) >= 11 is 0. The Morgan fingerprint density at radius 1 is 1.40 bits per heavy atom. The summed E-state index contributed by atoms with van der Waals surface area (Å²) in [6.45, 7) is 3.84. The molecule has 3 rings (SSSR count). The van der Waals surface area contributed by atoms with Gasteiger partial charge in [-0.1, -0.05) is 25.1 Å². The smallest absolute Gasteiger partial charge is 0.261 e. The number of hydrogen-bond acceptors (Lipinski definition) is 3. The average Bonchev–Trinajstić information content (AvgIpc) is 2.42. The Kier molecular flexibility index (Phi) is 3.06. The molecule has 0 radical (unpaired) electrons. The minimum atomic E-state index is -0.365. The summed E-state index contributed by atoms with van der Waals surface area (Å²) in [7, 11) is 0. The molecule has 2 aromatic rings. The van der Waals surface area contributed by atoms with Gasteiger partial charge < -0.3 is 15.0 Å². The van der Waals surface area contributed by atoms with Gasteiger partial charge in [-0.3, -0.25) is 9.59 Å². The molecule has 1 aliphatic rings. The molecule has 1 amide bonds. The van der Waals surface area contributed by atoms with Crippen LogP contribution in [0.3, 0.4) is 0 Å². The highest BCUT2D eigenvalue weighted by Crippen LogP contribution is 2.25. The lowest BCUT2D eigenvalue weighted by Gasteiger charge is -2.37. The second-order valence-corrected chi connectivity index (χ2v) is 5.59. The third-order valence-electron chi connectivity index (χ3n) is 3.57. The number of aromatic amines is 1. The number of hydrogen-bond donors (Lipinski definition) is 2. The van der Waals surface area contributed by atoms with Crippen molar-refractivity contribution < 1.29 is 9.53 Å². The number of carbonyl (C=O) groups excluding carboxylic acids is 1. The van der Waals surface area contributed by atoms with Crippen LogP contribution >= 0.6 is 0 Å². The van der Waals surface area contributed by atoms with Crippen molar-refractivity contribution in [1.29, 1.82) is 0 Å². The zero-order valence-electron chi connectivity index (χ0n) is 11.2. The Balaban J connectivity index is 1.83. The van der Waals surface area contributed by atoms with Gasteiger partial charge in [-0.25, -0.2) is 0 Å². The lowest BCUT2D eigenvalue weighted by atomic mass is 9.89. The van der Waals surface area contributed by atoms with Crippen LogP contribution in [0.4, 0.5) is 0 Å². The normalized spacial score (nSPS) is 16.6. The van der Waals surface area contributed by atoms with Gasteiger partial charge in [-0.2, -0.15) is 0 Å². The molecule has 5 heteroatoms. The molecule has 5 nitrogen and oxygen atoms in total. The monoisotopic (exact) mass is 272 g/mol. The molecule has 0 bridgehead atoms. The van der Waals surface area contributed by atoms with Gasteiger partial charge in [0, 0.05) is 17.5 Å². The molecule has 0 aliphatic carbocycles. The zero-order chi connectivity index (χ0) is 14.2. The highest BCUT2D eigenvalue weighted by atomic mass is 16.5. The van der Waals surface area contributed by atoms with Crippen molar-refractivity contribution in [2.24, 2.45) is 5.41 Å². The van der Waals surface area contributed by atoms with Crippen LogP contribution in [0.2, 0.25) is 0 Å². The fourth-order valence-corrected chi connectivity index (χ4v) is 2.26. The average molecular weight is 272 g/mol. The number of ether oxygens (including phenoxy) is 1. The second-order valence-electron chi connectivity index (χ2n) is 5.59. The Labute approximate surface area is 116 Å². The third kappa shape index (κ3) is 2.32. The molecular weight excluding hydrogens is 256 g/mol. The molecule has 104 valence electrons. The van der Waals surface area contributed by atoms with Crippen molar-refractivity contribution in [1.82, 2.24) is 10.3 Å². The van der Waals surface area contributed by atoms with E-state index in [1.165, 1.54) is 0 Å². The highest BCUT2D eigenvalue weighted by Gasteiger charge is 2.33. The first kappa shape index (κ1) is 12.9. The number of amides is 1. The number of nitrogens with one attached hydrogen (secondary N) is 2. The van der Waals surface area contributed by atoms with Crippen molar-refractivity contribution in [3.05, 3.63) is 46.2 Å². The standard InChI is InChI=1S/C15H16N2O3/c1-15(8-20-9-15)7-16-13(18)11-6-10-4-2-3-5-12(10)17-14(11)19/h2-6H,7-9H2,1H3,(H,16,18)(H,17,19). The fourth-order valence-electron chi connectivity index (χ4n) is 2.26. The van der Waals surface area contributed by atoms with E-state index < -0.39 is 0 Å². The largest absolute Gasteiger partial charge is 0.380 e. The molecule has 1 aromatic heterocycles. The first-order chi connectivity index (χ1) is 9.57. The Hall–Kier alpha value is -2.14. The number of pyridine rings is 1.